The summed E-state index contributed by atoms with van der Waals surface area (Å²) in [6.45, 7) is 2.31. The predicted octanol–water partition coefficient (Wildman–Crippen LogP) is 5.10. The Kier molecular flexibility index (Phi) is 28.9. The maximum Gasteiger partial charge on any atom is 0.0662 e. The average molecular weight is 353 g/mol. The minimum absolute atomic E-state index is 0.125. The summed E-state index contributed by atoms with van der Waals surface area (Å²) < 4.78 is 0. The summed E-state index contributed by atoms with van der Waals surface area (Å²) in [6, 6.07) is 0. The molecule has 3 nitrogen and oxygen atoms in total. The molecule has 0 unspecified atom stereocenters. The zero-order valence-corrected chi connectivity index (χ0v) is 16.2. The van der Waals surface area contributed by atoms with Crippen LogP contribution in [0.1, 0.15) is 71.1 Å². The highest BCUT2D eigenvalue weighted by Gasteiger charge is 1.82. The number of rotatable bonds is 15. The number of unbranched alkanes of at least 4 members (excludes halogenated alkanes) is 5. The van der Waals surface area contributed by atoms with Gasteiger partial charge >= 0.3 is 0 Å². The fourth-order valence-electron chi connectivity index (χ4n) is 1.93. The van der Waals surface area contributed by atoms with Gasteiger partial charge in [-0.2, -0.15) is 0 Å². The van der Waals surface area contributed by atoms with Crippen molar-refractivity contribution in [3.63, 3.8) is 0 Å². The summed E-state index contributed by atoms with van der Waals surface area (Å²) in [5, 5.41) is 23.9. The minimum atomic E-state index is -0.125. The molecule has 0 aromatic rings. The van der Waals surface area contributed by atoms with Crippen molar-refractivity contribution < 1.29 is 15.3 Å². The summed E-state index contributed by atoms with van der Waals surface area (Å²) in [7, 11) is 0. The van der Waals surface area contributed by atoms with E-state index in [9.17, 15) is 0 Å². The van der Waals surface area contributed by atoms with Gasteiger partial charge in [-0.1, -0.05) is 68.4 Å². The van der Waals surface area contributed by atoms with Gasteiger partial charge in [0.2, 0.25) is 0 Å². The van der Waals surface area contributed by atoms with E-state index in [1.807, 2.05) is 0 Å². The van der Waals surface area contributed by atoms with Gasteiger partial charge in [0.25, 0.3) is 0 Å². The van der Waals surface area contributed by atoms with Gasteiger partial charge < -0.3 is 15.3 Å². The van der Waals surface area contributed by atoms with E-state index < -0.39 is 0 Å². The SMILES string of the molecule is CCCCCC=CCC=CCC=CCC=CCCCCO.OCCO. The highest BCUT2D eigenvalue weighted by atomic mass is 16.3. The van der Waals surface area contributed by atoms with Crippen LogP contribution in [0.25, 0.3) is 0 Å². The molecule has 0 atom stereocenters. The number of hydrogen-bond donors (Lipinski definition) is 3. The van der Waals surface area contributed by atoms with Crippen molar-refractivity contribution in [1.29, 1.82) is 0 Å². The van der Waals surface area contributed by atoms with E-state index in [0.29, 0.717) is 6.61 Å². The van der Waals surface area contributed by atoms with Crippen molar-refractivity contribution in [2.45, 2.75) is 71.1 Å². The molecule has 0 spiro atoms. The van der Waals surface area contributed by atoms with Crippen LogP contribution in [0.5, 0.6) is 0 Å². The lowest BCUT2D eigenvalue weighted by Crippen LogP contribution is -1.85. The van der Waals surface area contributed by atoms with Crippen LogP contribution in [0.4, 0.5) is 0 Å². The highest BCUT2D eigenvalue weighted by Crippen LogP contribution is 2.01. The summed E-state index contributed by atoms with van der Waals surface area (Å²) in [5.74, 6) is 0. The Hall–Kier alpha value is -1.16. The minimum Gasteiger partial charge on any atom is -0.396 e. The Balaban J connectivity index is 0. The normalized spacial score (nSPS) is 11.8. The second kappa shape index (κ2) is 27.7. The molecule has 3 heteroatoms. The Morgan fingerprint density at radius 2 is 0.880 bits per heavy atom. The first-order valence-corrected chi connectivity index (χ1v) is 9.76. The molecule has 0 saturated carbocycles. The Labute approximate surface area is 155 Å². The zero-order chi connectivity index (χ0) is 18.8. The van der Waals surface area contributed by atoms with Crippen LogP contribution in [-0.2, 0) is 0 Å². The average Bonchev–Trinajstić information content (AvgIpc) is 2.64. The number of allylic oxidation sites excluding steroid dienone is 8. The molecular formula is C22H40O3. The smallest absolute Gasteiger partial charge is 0.0662 e. The van der Waals surface area contributed by atoms with E-state index in [-0.39, 0.29) is 13.2 Å². The van der Waals surface area contributed by atoms with Gasteiger partial charge in [-0.25, -0.2) is 0 Å². The Bertz CT molecular complexity index is 298. The number of aliphatic hydroxyl groups is 3. The molecule has 0 rings (SSSR count). The van der Waals surface area contributed by atoms with Gasteiger partial charge in [-0.05, 0) is 51.4 Å². The molecule has 146 valence electrons. The van der Waals surface area contributed by atoms with Crippen LogP contribution < -0.4 is 0 Å². The summed E-state index contributed by atoms with van der Waals surface area (Å²) in [5.41, 5.74) is 0. The van der Waals surface area contributed by atoms with Gasteiger partial charge in [-0.15, -0.1) is 0 Å². The Morgan fingerprint density at radius 3 is 1.24 bits per heavy atom. The van der Waals surface area contributed by atoms with E-state index in [4.69, 9.17) is 15.3 Å². The molecule has 0 bridgehead atoms. The van der Waals surface area contributed by atoms with Crippen LogP contribution >= 0.6 is 0 Å². The molecule has 0 aromatic heterocycles. The summed E-state index contributed by atoms with van der Waals surface area (Å²) >= 11 is 0. The second-order valence-corrected chi connectivity index (χ2v) is 5.76. The van der Waals surface area contributed by atoms with E-state index in [1.165, 1.54) is 25.7 Å². The van der Waals surface area contributed by atoms with Crippen molar-refractivity contribution in [2.75, 3.05) is 19.8 Å². The first-order chi connectivity index (χ1) is 12.3. The fourth-order valence-corrected chi connectivity index (χ4v) is 1.93. The highest BCUT2D eigenvalue weighted by molar-refractivity contribution is 4.99. The monoisotopic (exact) mass is 352 g/mol. The second-order valence-electron chi connectivity index (χ2n) is 5.76. The van der Waals surface area contributed by atoms with Crippen LogP contribution in [0.15, 0.2) is 48.6 Å². The van der Waals surface area contributed by atoms with Gasteiger partial charge in [0.05, 0.1) is 13.2 Å². The van der Waals surface area contributed by atoms with E-state index in [0.717, 1.165) is 38.5 Å². The first-order valence-electron chi connectivity index (χ1n) is 9.76. The zero-order valence-electron chi connectivity index (χ0n) is 16.2. The lowest BCUT2D eigenvalue weighted by Gasteiger charge is -1.91. The van der Waals surface area contributed by atoms with Crippen LogP contribution in [-0.4, -0.2) is 35.1 Å². The molecule has 0 fully saturated rings. The molecule has 0 amide bonds. The van der Waals surface area contributed by atoms with Crippen molar-refractivity contribution in [3.8, 4) is 0 Å². The third-order valence-corrected chi connectivity index (χ3v) is 3.34. The molecule has 0 heterocycles. The van der Waals surface area contributed by atoms with E-state index in [2.05, 4.69) is 55.5 Å². The summed E-state index contributed by atoms with van der Waals surface area (Å²) in [6.07, 6.45) is 29.3. The van der Waals surface area contributed by atoms with Crippen molar-refractivity contribution in [3.05, 3.63) is 48.6 Å². The molecule has 3 N–H and O–H groups in total. The van der Waals surface area contributed by atoms with Crippen LogP contribution in [0, 0.1) is 0 Å². The van der Waals surface area contributed by atoms with Crippen LogP contribution in [0.2, 0.25) is 0 Å². The maximum absolute atomic E-state index is 8.65. The molecule has 0 aliphatic rings. The predicted molar refractivity (Wildman–Crippen MR) is 110 cm³/mol. The molecule has 0 saturated heterocycles. The van der Waals surface area contributed by atoms with E-state index in [1.54, 1.807) is 0 Å². The van der Waals surface area contributed by atoms with Crippen molar-refractivity contribution in [2.24, 2.45) is 0 Å². The number of aliphatic hydroxyl groups excluding tert-OH is 3. The molecular weight excluding hydrogens is 312 g/mol. The lowest BCUT2D eigenvalue weighted by molar-refractivity contribution is 0.186. The quantitative estimate of drug-likeness (QED) is 0.284. The van der Waals surface area contributed by atoms with Gasteiger partial charge in [0.1, 0.15) is 0 Å². The first kappa shape index (κ1) is 26.1. The topological polar surface area (TPSA) is 60.7 Å². The van der Waals surface area contributed by atoms with Gasteiger partial charge in [0.15, 0.2) is 0 Å². The third kappa shape index (κ3) is 31.2. The Morgan fingerprint density at radius 1 is 0.480 bits per heavy atom. The van der Waals surface area contributed by atoms with Gasteiger partial charge in [-0.3, -0.25) is 0 Å². The lowest BCUT2D eigenvalue weighted by atomic mass is 10.2. The number of hydrogen-bond acceptors (Lipinski definition) is 3. The summed E-state index contributed by atoms with van der Waals surface area (Å²) in [4.78, 5) is 0. The maximum atomic E-state index is 8.65. The fraction of sp³-hybridized carbons (Fsp3) is 0.636. The molecule has 0 radical (unpaired) electrons. The molecule has 0 aliphatic carbocycles. The third-order valence-electron chi connectivity index (χ3n) is 3.34. The molecule has 0 aromatic carbocycles. The molecule has 25 heavy (non-hydrogen) atoms. The van der Waals surface area contributed by atoms with Gasteiger partial charge in [0, 0.05) is 6.61 Å². The largest absolute Gasteiger partial charge is 0.396 e. The molecule has 0 aliphatic heterocycles. The van der Waals surface area contributed by atoms with Crippen molar-refractivity contribution >= 4 is 0 Å². The van der Waals surface area contributed by atoms with Crippen molar-refractivity contribution in [1.82, 2.24) is 0 Å². The van der Waals surface area contributed by atoms with Crippen LogP contribution in [0.3, 0.4) is 0 Å². The standard InChI is InChI=1S/C20H34O.C2H6O2/c1-2-3-4-5-6-7-8-9-10-11-12-13-14-15-16-17-18-19-20-21;3-1-2-4/h6-7,9-10,12-13,15-16,21H,2-5,8,11,14,17-20H2,1H3;3-4H,1-2H2. The van der Waals surface area contributed by atoms with E-state index >= 15 is 0 Å².